The van der Waals surface area contributed by atoms with Crippen LogP contribution in [0, 0.1) is 0 Å². The normalized spacial score (nSPS) is 23.5. The van der Waals surface area contributed by atoms with Gasteiger partial charge in [0.1, 0.15) is 0 Å². The van der Waals surface area contributed by atoms with Crippen molar-refractivity contribution in [2.45, 2.75) is 6.42 Å². The molecule has 33 valence electrons. The van der Waals surface area contributed by atoms with Crippen LogP contribution in [0.15, 0.2) is 0 Å². The van der Waals surface area contributed by atoms with Crippen molar-refractivity contribution in [3.63, 3.8) is 0 Å². The first-order chi connectivity index (χ1) is 2.93. The number of hydrogen-bond donors (Lipinski definition) is 0. The summed E-state index contributed by atoms with van der Waals surface area (Å²) in [7, 11) is 2.98. The standard InChI is InChI=1S/C3H6S2.Sn/c4-5-2-1-3-5;/h1-3H2;/q;+1. The third kappa shape index (κ3) is 1.23. The van der Waals surface area contributed by atoms with Crippen LogP contribution in [0.1, 0.15) is 6.42 Å². The molecule has 0 aromatic heterocycles. The number of hydrogen-bond acceptors (Lipinski definition) is 1. The van der Waals surface area contributed by atoms with E-state index in [4.69, 9.17) is 0 Å². The molecule has 0 atom stereocenters. The van der Waals surface area contributed by atoms with Gasteiger partial charge >= 0.3 is 57.0 Å². The van der Waals surface area contributed by atoms with Crippen LogP contribution < -0.4 is 0 Å². The average molecular weight is 225 g/mol. The zero-order valence-corrected chi connectivity index (χ0v) is 7.92. The summed E-state index contributed by atoms with van der Waals surface area (Å²) in [6.07, 6.45) is 1.50. The fraction of sp³-hybridized carbons (Fsp3) is 1.00. The zero-order chi connectivity index (χ0) is 4.41. The molecule has 0 saturated carbocycles. The summed E-state index contributed by atoms with van der Waals surface area (Å²) < 4.78 is 0. The van der Waals surface area contributed by atoms with Crippen LogP contribution in [0.25, 0.3) is 0 Å². The monoisotopic (exact) mass is 226 g/mol. The maximum absolute atomic E-state index is 2.13. The Labute approximate surface area is 56.7 Å². The zero-order valence-electron chi connectivity index (χ0n) is 3.44. The van der Waals surface area contributed by atoms with Crippen LogP contribution in [0.3, 0.4) is 0 Å². The van der Waals surface area contributed by atoms with Gasteiger partial charge in [0.05, 0.1) is 0 Å². The summed E-state index contributed by atoms with van der Waals surface area (Å²) in [5.74, 6) is 3.05. The molecular weight excluding hydrogens is 219 g/mol. The summed E-state index contributed by atoms with van der Waals surface area (Å²) in [4.78, 5) is 0. The van der Waals surface area contributed by atoms with E-state index < -0.39 is 0 Å². The summed E-state index contributed by atoms with van der Waals surface area (Å²) in [5, 5.41) is 0. The molecule has 6 heavy (non-hydrogen) atoms. The van der Waals surface area contributed by atoms with Crippen LogP contribution in [-0.4, -0.2) is 32.6 Å². The molecule has 1 heterocycles. The Bertz CT molecular complexity index is 41.3. The van der Waals surface area contributed by atoms with Gasteiger partial charge < -0.3 is 0 Å². The summed E-state index contributed by atoms with van der Waals surface area (Å²) in [6.45, 7) is 0. The molecule has 0 aliphatic carbocycles. The SMILES string of the molecule is [Sn][S][S+]1CCC1. The molecule has 0 aromatic rings. The van der Waals surface area contributed by atoms with Gasteiger partial charge in [-0.25, -0.2) is 0 Å². The first kappa shape index (κ1) is 5.63. The van der Waals surface area contributed by atoms with Crippen LogP contribution in [-0.2, 0) is 9.93 Å². The van der Waals surface area contributed by atoms with Gasteiger partial charge in [0.2, 0.25) is 0 Å². The van der Waals surface area contributed by atoms with Gasteiger partial charge in [-0.2, -0.15) is 0 Å². The van der Waals surface area contributed by atoms with Crippen molar-refractivity contribution in [1.82, 2.24) is 0 Å². The molecule has 0 spiro atoms. The van der Waals surface area contributed by atoms with Crippen LogP contribution in [0.5, 0.6) is 0 Å². The minimum absolute atomic E-state index is 0.853. The number of rotatable bonds is 1. The van der Waals surface area contributed by atoms with Crippen molar-refractivity contribution in [1.29, 1.82) is 0 Å². The second-order valence-corrected chi connectivity index (χ2v) is 9.34. The predicted molar refractivity (Wildman–Crippen MR) is 35.1 cm³/mol. The first-order valence-electron chi connectivity index (χ1n) is 1.95. The molecule has 1 aliphatic heterocycles. The Morgan fingerprint density at radius 2 is 2.17 bits per heavy atom. The fourth-order valence-corrected chi connectivity index (χ4v) is 6.52. The van der Waals surface area contributed by atoms with Gasteiger partial charge in [0.25, 0.3) is 0 Å². The topological polar surface area (TPSA) is 0 Å². The molecule has 0 N–H and O–H groups in total. The van der Waals surface area contributed by atoms with E-state index in [0.29, 0.717) is 0 Å². The summed E-state index contributed by atoms with van der Waals surface area (Å²) >= 11 is 1.66. The van der Waals surface area contributed by atoms with Gasteiger partial charge in [0.15, 0.2) is 0 Å². The molecule has 0 amide bonds. The van der Waals surface area contributed by atoms with E-state index in [2.05, 4.69) is 7.98 Å². The van der Waals surface area contributed by atoms with E-state index in [1.54, 1.807) is 21.1 Å². The Morgan fingerprint density at radius 1 is 1.50 bits per heavy atom. The first-order valence-corrected chi connectivity index (χ1v) is 8.34. The predicted octanol–water partition coefficient (Wildman–Crippen LogP) is 0.740. The average Bonchev–Trinajstić information content (AvgIpc) is 1.31. The molecular formula is C3H6S2Sn+. The molecule has 0 bridgehead atoms. The van der Waals surface area contributed by atoms with Gasteiger partial charge in [0, 0.05) is 0 Å². The van der Waals surface area contributed by atoms with Gasteiger partial charge in [-0.3, -0.25) is 0 Å². The Kier molecular flexibility index (Phi) is 2.55. The van der Waals surface area contributed by atoms with Crippen molar-refractivity contribution in [2.75, 3.05) is 11.5 Å². The molecule has 3 radical (unpaired) electrons. The van der Waals surface area contributed by atoms with Crippen LogP contribution in [0.4, 0.5) is 0 Å². The second kappa shape index (κ2) is 2.72. The van der Waals surface area contributed by atoms with Crippen molar-refractivity contribution in [3.05, 3.63) is 0 Å². The third-order valence-corrected chi connectivity index (χ3v) is 10.3. The van der Waals surface area contributed by atoms with E-state index in [1.165, 1.54) is 17.9 Å². The second-order valence-electron chi connectivity index (χ2n) is 1.28. The fourth-order valence-electron chi connectivity index (χ4n) is 0.346. The van der Waals surface area contributed by atoms with Gasteiger partial charge in [-0.15, -0.1) is 0 Å². The van der Waals surface area contributed by atoms with E-state index in [1.807, 2.05) is 0 Å². The Hall–Kier alpha value is 1.50. The quantitative estimate of drug-likeness (QED) is 0.360. The molecule has 1 fully saturated rings. The molecule has 3 heteroatoms. The summed E-state index contributed by atoms with van der Waals surface area (Å²) in [5.41, 5.74) is 0. The van der Waals surface area contributed by atoms with Crippen LogP contribution in [0.2, 0.25) is 0 Å². The molecule has 0 nitrogen and oxygen atoms in total. The maximum atomic E-state index is 2.13. The minimum atomic E-state index is 0.853. The molecule has 1 rings (SSSR count). The van der Waals surface area contributed by atoms with Crippen molar-refractivity contribution >= 4 is 39.0 Å². The van der Waals surface area contributed by atoms with E-state index in [9.17, 15) is 0 Å². The Morgan fingerprint density at radius 3 is 2.17 bits per heavy atom. The Balaban J connectivity index is 2.01. The van der Waals surface area contributed by atoms with Crippen molar-refractivity contribution in [3.8, 4) is 0 Å². The molecule has 0 unspecified atom stereocenters. The van der Waals surface area contributed by atoms with Crippen molar-refractivity contribution < 1.29 is 0 Å². The van der Waals surface area contributed by atoms with Gasteiger partial charge in [-0.1, -0.05) is 0 Å². The molecule has 1 aliphatic rings. The van der Waals surface area contributed by atoms with E-state index in [0.717, 1.165) is 9.93 Å². The van der Waals surface area contributed by atoms with Crippen molar-refractivity contribution in [2.24, 2.45) is 0 Å². The third-order valence-electron chi connectivity index (χ3n) is 0.862. The summed E-state index contributed by atoms with van der Waals surface area (Å²) in [6, 6.07) is 0. The van der Waals surface area contributed by atoms with Crippen LogP contribution >= 0.6 is 7.98 Å². The van der Waals surface area contributed by atoms with E-state index >= 15 is 0 Å². The van der Waals surface area contributed by atoms with Gasteiger partial charge in [-0.05, 0) is 0 Å². The van der Waals surface area contributed by atoms with E-state index in [-0.39, 0.29) is 0 Å². The molecule has 0 aromatic carbocycles. The molecule has 1 saturated heterocycles.